The standard InChI is InChI=1S/C8H20N.ClH.H2O/c1-5-9(6-2,7-3)8-4;;/h5-8H2,1-4H3;1H;1H2/q+1;;/p-1. The number of hydrogen-bond donors (Lipinski definition) is 0. The van der Waals surface area contributed by atoms with Crippen molar-refractivity contribution in [2.75, 3.05) is 26.2 Å². The van der Waals surface area contributed by atoms with Crippen LogP contribution in [0.25, 0.3) is 0 Å². The summed E-state index contributed by atoms with van der Waals surface area (Å²) in [5.74, 6) is 0. The van der Waals surface area contributed by atoms with Gasteiger partial charge in [0, 0.05) is 0 Å². The lowest BCUT2D eigenvalue weighted by Gasteiger charge is -2.34. The van der Waals surface area contributed by atoms with E-state index in [-0.39, 0.29) is 17.9 Å². The monoisotopic (exact) mass is 183 g/mol. The predicted octanol–water partition coefficient (Wildman–Crippen LogP) is -1.94. The summed E-state index contributed by atoms with van der Waals surface area (Å²) >= 11 is 0. The molecule has 0 atom stereocenters. The first-order valence-corrected chi connectivity index (χ1v) is 4.09. The fourth-order valence-electron chi connectivity index (χ4n) is 1.34. The van der Waals surface area contributed by atoms with E-state index in [1.54, 1.807) is 0 Å². The van der Waals surface area contributed by atoms with Gasteiger partial charge in [-0.15, -0.1) is 0 Å². The van der Waals surface area contributed by atoms with Crippen molar-refractivity contribution < 1.29 is 22.4 Å². The molecule has 0 rings (SSSR count). The highest BCUT2D eigenvalue weighted by Gasteiger charge is 2.16. The zero-order chi connectivity index (χ0) is 7.33. The minimum Gasteiger partial charge on any atom is -1.00 e. The Kier molecular flexibility index (Phi) is 13.1. The fourth-order valence-corrected chi connectivity index (χ4v) is 1.34. The Labute approximate surface area is 76.9 Å². The van der Waals surface area contributed by atoms with Crippen molar-refractivity contribution in [1.29, 1.82) is 0 Å². The van der Waals surface area contributed by atoms with Gasteiger partial charge in [0.25, 0.3) is 0 Å². The summed E-state index contributed by atoms with van der Waals surface area (Å²) in [7, 11) is 0. The van der Waals surface area contributed by atoms with Crippen LogP contribution in [0, 0.1) is 0 Å². The average Bonchev–Trinajstić information content (AvgIpc) is 1.95. The van der Waals surface area contributed by atoms with Gasteiger partial charge in [-0.3, -0.25) is 0 Å². The SMILES string of the molecule is CC[N+](CC)(CC)CC.O.[Cl-]. The molecule has 2 N–H and O–H groups in total. The summed E-state index contributed by atoms with van der Waals surface area (Å²) in [5, 5.41) is 0. The Balaban J connectivity index is -0.000000320. The molecule has 0 aliphatic carbocycles. The Morgan fingerprint density at radius 2 is 0.909 bits per heavy atom. The molecular weight excluding hydrogens is 162 g/mol. The van der Waals surface area contributed by atoms with Crippen LogP contribution < -0.4 is 12.4 Å². The largest absolute Gasteiger partial charge is 1.00 e. The van der Waals surface area contributed by atoms with Gasteiger partial charge in [-0.2, -0.15) is 0 Å². The molecule has 0 spiro atoms. The summed E-state index contributed by atoms with van der Waals surface area (Å²) < 4.78 is 1.28. The van der Waals surface area contributed by atoms with Gasteiger partial charge in [0.15, 0.2) is 0 Å². The van der Waals surface area contributed by atoms with E-state index in [4.69, 9.17) is 0 Å². The van der Waals surface area contributed by atoms with E-state index >= 15 is 0 Å². The quantitative estimate of drug-likeness (QED) is 0.455. The Morgan fingerprint density at radius 3 is 0.909 bits per heavy atom. The van der Waals surface area contributed by atoms with Crippen molar-refractivity contribution in [3.8, 4) is 0 Å². The van der Waals surface area contributed by atoms with Crippen LogP contribution in [0.5, 0.6) is 0 Å². The smallest absolute Gasteiger partial charge is 0.0757 e. The second-order valence-electron chi connectivity index (χ2n) is 2.61. The van der Waals surface area contributed by atoms with Crippen LogP contribution in [0.4, 0.5) is 0 Å². The molecule has 0 aliphatic rings. The second-order valence-corrected chi connectivity index (χ2v) is 2.61. The molecule has 0 amide bonds. The summed E-state index contributed by atoms with van der Waals surface area (Å²) in [6, 6.07) is 0. The van der Waals surface area contributed by atoms with Crippen molar-refractivity contribution in [3.63, 3.8) is 0 Å². The highest BCUT2D eigenvalue weighted by Crippen LogP contribution is 2.03. The molecule has 0 aromatic heterocycles. The van der Waals surface area contributed by atoms with Gasteiger partial charge in [-0.05, 0) is 27.7 Å². The van der Waals surface area contributed by atoms with Crippen LogP contribution in [-0.4, -0.2) is 36.1 Å². The van der Waals surface area contributed by atoms with Gasteiger partial charge in [-0.1, -0.05) is 0 Å². The van der Waals surface area contributed by atoms with Crippen molar-refractivity contribution >= 4 is 0 Å². The molecular formula is C8H22ClNO. The van der Waals surface area contributed by atoms with Crippen LogP contribution in [0.2, 0.25) is 0 Å². The van der Waals surface area contributed by atoms with E-state index < -0.39 is 0 Å². The molecule has 0 aromatic rings. The molecule has 0 aromatic carbocycles. The van der Waals surface area contributed by atoms with Crippen molar-refractivity contribution in [2.45, 2.75) is 27.7 Å². The van der Waals surface area contributed by atoms with E-state index in [9.17, 15) is 0 Å². The molecule has 0 saturated heterocycles. The maximum Gasteiger partial charge on any atom is 0.0757 e. The van der Waals surface area contributed by atoms with Crippen LogP contribution in [0.1, 0.15) is 27.7 Å². The van der Waals surface area contributed by atoms with E-state index in [0.29, 0.717) is 0 Å². The third kappa shape index (κ3) is 4.62. The van der Waals surface area contributed by atoms with Crippen molar-refractivity contribution in [1.82, 2.24) is 0 Å². The molecule has 0 radical (unpaired) electrons. The van der Waals surface area contributed by atoms with E-state index in [2.05, 4.69) is 27.7 Å². The number of halogens is 1. The van der Waals surface area contributed by atoms with Gasteiger partial charge in [-0.25, -0.2) is 0 Å². The Hall–Kier alpha value is 0.210. The highest BCUT2D eigenvalue weighted by atomic mass is 35.5. The van der Waals surface area contributed by atoms with Crippen molar-refractivity contribution in [2.24, 2.45) is 0 Å². The van der Waals surface area contributed by atoms with Crippen LogP contribution in [0.3, 0.4) is 0 Å². The van der Waals surface area contributed by atoms with E-state index in [0.717, 1.165) is 0 Å². The summed E-state index contributed by atoms with van der Waals surface area (Å²) in [6.07, 6.45) is 0. The predicted molar refractivity (Wildman–Crippen MR) is 46.0 cm³/mol. The fraction of sp³-hybridized carbons (Fsp3) is 1.00. The van der Waals surface area contributed by atoms with E-state index in [1.165, 1.54) is 30.7 Å². The normalized spacial score (nSPS) is 9.82. The van der Waals surface area contributed by atoms with Gasteiger partial charge < -0.3 is 22.4 Å². The molecule has 2 nitrogen and oxygen atoms in total. The summed E-state index contributed by atoms with van der Waals surface area (Å²) in [4.78, 5) is 0. The minimum atomic E-state index is 0. The maximum atomic E-state index is 2.27. The van der Waals surface area contributed by atoms with Gasteiger partial charge >= 0.3 is 0 Å². The molecule has 0 heterocycles. The molecule has 11 heavy (non-hydrogen) atoms. The first-order chi connectivity index (χ1) is 4.24. The molecule has 0 bridgehead atoms. The molecule has 0 saturated carbocycles. The van der Waals surface area contributed by atoms with E-state index in [1.807, 2.05) is 0 Å². The highest BCUT2D eigenvalue weighted by molar-refractivity contribution is 4.31. The number of hydrogen-bond acceptors (Lipinski definition) is 0. The number of quaternary nitrogens is 1. The van der Waals surface area contributed by atoms with Gasteiger partial charge in [0.1, 0.15) is 0 Å². The number of rotatable bonds is 4. The lowest BCUT2D eigenvalue weighted by molar-refractivity contribution is -0.921. The van der Waals surface area contributed by atoms with Crippen LogP contribution >= 0.6 is 0 Å². The van der Waals surface area contributed by atoms with Gasteiger partial charge in [0.2, 0.25) is 0 Å². The molecule has 0 unspecified atom stereocenters. The van der Waals surface area contributed by atoms with Crippen LogP contribution in [0.15, 0.2) is 0 Å². The van der Waals surface area contributed by atoms with Gasteiger partial charge in [0.05, 0.1) is 26.2 Å². The lowest BCUT2D eigenvalue weighted by atomic mass is 10.3. The number of nitrogens with zero attached hydrogens (tertiary/aromatic N) is 1. The minimum absolute atomic E-state index is 0. The maximum absolute atomic E-state index is 2.27. The summed E-state index contributed by atoms with van der Waals surface area (Å²) in [6.45, 7) is 14.2. The third-order valence-electron chi connectivity index (χ3n) is 2.68. The van der Waals surface area contributed by atoms with Crippen molar-refractivity contribution in [3.05, 3.63) is 0 Å². The average molecular weight is 184 g/mol. The molecule has 0 fully saturated rings. The lowest BCUT2D eigenvalue weighted by Crippen LogP contribution is -3.00. The summed E-state index contributed by atoms with van der Waals surface area (Å²) in [5.41, 5.74) is 0. The second kappa shape index (κ2) is 8.31. The Bertz CT molecular complexity index is 57.0. The Morgan fingerprint density at radius 1 is 0.727 bits per heavy atom. The zero-order valence-electron chi connectivity index (χ0n) is 8.15. The third-order valence-corrected chi connectivity index (χ3v) is 2.68. The topological polar surface area (TPSA) is 31.5 Å². The molecule has 3 heteroatoms. The first-order valence-electron chi connectivity index (χ1n) is 4.09. The zero-order valence-corrected chi connectivity index (χ0v) is 8.91. The molecule has 0 aliphatic heterocycles. The van der Waals surface area contributed by atoms with Crippen LogP contribution in [-0.2, 0) is 0 Å². The first kappa shape index (κ1) is 17.3. The molecule has 72 valence electrons.